The van der Waals surface area contributed by atoms with Gasteiger partial charge in [0.2, 0.25) is 11.8 Å². The van der Waals surface area contributed by atoms with Gasteiger partial charge in [0.25, 0.3) is 0 Å². The molecule has 2 aromatic rings. The van der Waals surface area contributed by atoms with Gasteiger partial charge in [0.15, 0.2) is 0 Å². The van der Waals surface area contributed by atoms with E-state index in [0.29, 0.717) is 23.2 Å². The summed E-state index contributed by atoms with van der Waals surface area (Å²) in [5, 5.41) is 11.1. The first-order valence-corrected chi connectivity index (χ1v) is 10.6. The highest BCUT2D eigenvalue weighted by atomic mass is 16.5. The Kier molecular flexibility index (Phi) is 5.74. The molecule has 0 bridgehead atoms. The average molecular weight is 399 g/mol. The van der Waals surface area contributed by atoms with Crippen molar-refractivity contribution in [3.8, 4) is 5.75 Å². The minimum Gasteiger partial charge on any atom is -0.497 e. The number of nitrogens with one attached hydrogen (secondary N) is 1. The third kappa shape index (κ3) is 5.08. The van der Waals surface area contributed by atoms with E-state index in [-0.39, 0.29) is 11.9 Å². The summed E-state index contributed by atoms with van der Waals surface area (Å²) in [5.41, 5.74) is 0.596. The van der Waals surface area contributed by atoms with E-state index >= 15 is 0 Å². The fraction of sp³-hybridized carbons (Fsp3) is 0.591. The summed E-state index contributed by atoms with van der Waals surface area (Å²) in [7, 11) is 1.66. The lowest BCUT2D eigenvalue weighted by atomic mass is 9.93. The van der Waals surface area contributed by atoms with E-state index in [1.165, 1.54) is 12.8 Å². The fourth-order valence-corrected chi connectivity index (χ4v) is 3.74. The Morgan fingerprint density at radius 3 is 2.41 bits per heavy atom. The first-order chi connectivity index (χ1) is 14.1. The maximum Gasteiger partial charge on any atom is 0.316 e. The molecular weight excluding hydrogens is 368 g/mol. The maximum absolute atomic E-state index is 12.5. The summed E-state index contributed by atoms with van der Waals surface area (Å²) in [6, 6.07) is 9.74. The number of hydrogen-bond acceptors (Lipinski definition) is 6. The molecule has 1 amide bonds. The van der Waals surface area contributed by atoms with Crippen LogP contribution in [0.5, 0.6) is 5.75 Å². The molecule has 1 spiro atoms. The number of piperidine rings is 1. The van der Waals surface area contributed by atoms with E-state index in [4.69, 9.17) is 9.15 Å². The number of methoxy groups -OCH3 is 1. The molecule has 5 rings (SSSR count). The molecule has 2 saturated carbocycles. The molecule has 1 atom stereocenters. The number of ether oxygens (including phenoxy) is 1. The molecule has 1 saturated heterocycles. The zero-order valence-corrected chi connectivity index (χ0v) is 17.3. The first-order valence-electron chi connectivity index (χ1n) is 10.6. The largest absolute Gasteiger partial charge is 0.497 e. The summed E-state index contributed by atoms with van der Waals surface area (Å²) in [4.78, 5) is 14.4. The monoisotopic (exact) mass is 398 g/mol. The van der Waals surface area contributed by atoms with Crippen LogP contribution in [0.4, 0.5) is 6.01 Å². The van der Waals surface area contributed by atoms with Crippen LogP contribution in [-0.4, -0.2) is 47.2 Å². The van der Waals surface area contributed by atoms with Crippen molar-refractivity contribution in [1.29, 1.82) is 0 Å². The predicted octanol–water partition coefficient (Wildman–Crippen LogP) is 3.85. The second kappa shape index (κ2) is 8.43. The lowest BCUT2D eigenvalue weighted by molar-refractivity contribution is -0.133. The summed E-state index contributed by atoms with van der Waals surface area (Å²) in [6.07, 6.45) is 7.30. The van der Waals surface area contributed by atoms with Gasteiger partial charge in [0.1, 0.15) is 11.8 Å². The SMILES string of the molecule is CC(Nc1nnc(C2CC2)o1)C(=O)N1CCC2(CC1)CC2.COc1ccccc1. The van der Waals surface area contributed by atoms with Crippen LogP contribution in [0.15, 0.2) is 34.7 Å². The van der Waals surface area contributed by atoms with Crippen LogP contribution in [-0.2, 0) is 4.79 Å². The molecule has 29 heavy (non-hydrogen) atoms. The Bertz CT molecular complexity index is 804. The van der Waals surface area contributed by atoms with Gasteiger partial charge in [-0.1, -0.05) is 23.3 Å². The van der Waals surface area contributed by atoms with Crippen molar-refractivity contribution in [3.63, 3.8) is 0 Å². The Hall–Kier alpha value is -2.57. The van der Waals surface area contributed by atoms with E-state index in [1.807, 2.05) is 42.2 Å². The number of hydrogen-bond donors (Lipinski definition) is 1. The Balaban J connectivity index is 0.000000216. The minimum absolute atomic E-state index is 0.136. The van der Waals surface area contributed by atoms with Gasteiger partial charge < -0.3 is 19.4 Å². The van der Waals surface area contributed by atoms with Gasteiger partial charge in [-0.25, -0.2) is 0 Å². The molecule has 1 N–H and O–H groups in total. The second-order valence-electron chi connectivity index (χ2n) is 8.43. The summed E-state index contributed by atoms with van der Waals surface area (Å²) < 4.78 is 10.5. The van der Waals surface area contributed by atoms with Gasteiger partial charge in [-0.15, -0.1) is 5.10 Å². The van der Waals surface area contributed by atoms with Crippen molar-refractivity contribution in [2.45, 2.75) is 57.4 Å². The fourth-order valence-electron chi connectivity index (χ4n) is 3.74. The molecular formula is C22H30N4O3. The van der Waals surface area contributed by atoms with Crippen molar-refractivity contribution in [2.24, 2.45) is 5.41 Å². The van der Waals surface area contributed by atoms with Crippen LogP contribution in [0.25, 0.3) is 0 Å². The number of para-hydroxylation sites is 1. The Morgan fingerprint density at radius 1 is 1.17 bits per heavy atom. The quantitative estimate of drug-likeness (QED) is 0.824. The number of aromatic nitrogens is 2. The lowest BCUT2D eigenvalue weighted by Gasteiger charge is -2.33. The number of carbonyl (C=O) groups excluding carboxylic acids is 1. The van der Waals surface area contributed by atoms with E-state index < -0.39 is 0 Å². The molecule has 2 aliphatic carbocycles. The van der Waals surface area contributed by atoms with Crippen LogP contribution in [0.2, 0.25) is 0 Å². The molecule has 7 heteroatoms. The van der Waals surface area contributed by atoms with Gasteiger partial charge in [-0.05, 0) is 63.0 Å². The van der Waals surface area contributed by atoms with E-state index in [9.17, 15) is 4.79 Å². The van der Waals surface area contributed by atoms with Crippen LogP contribution in [0.1, 0.15) is 57.3 Å². The van der Waals surface area contributed by atoms with E-state index in [2.05, 4.69) is 15.5 Å². The van der Waals surface area contributed by atoms with Crippen molar-refractivity contribution in [1.82, 2.24) is 15.1 Å². The van der Waals surface area contributed by atoms with Crippen molar-refractivity contribution < 1.29 is 13.9 Å². The molecule has 0 radical (unpaired) electrons. The van der Waals surface area contributed by atoms with Crippen molar-refractivity contribution >= 4 is 11.9 Å². The van der Waals surface area contributed by atoms with Gasteiger partial charge in [0.05, 0.1) is 7.11 Å². The smallest absolute Gasteiger partial charge is 0.316 e. The second-order valence-corrected chi connectivity index (χ2v) is 8.43. The minimum atomic E-state index is -0.314. The third-order valence-electron chi connectivity index (χ3n) is 6.15. The van der Waals surface area contributed by atoms with E-state index in [1.54, 1.807) is 7.11 Å². The Morgan fingerprint density at radius 2 is 1.86 bits per heavy atom. The van der Waals surface area contributed by atoms with Gasteiger partial charge in [-0.2, -0.15) is 0 Å². The molecule has 3 aliphatic rings. The number of amides is 1. The molecule has 1 aromatic carbocycles. The molecule has 156 valence electrons. The maximum atomic E-state index is 12.5. The number of anilines is 1. The molecule has 7 nitrogen and oxygen atoms in total. The standard InChI is InChI=1S/C15H22N4O2.C7H8O/c1-10(16-14-18-17-12(21-14)11-2-3-11)13(20)19-8-6-15(4-5-15)7-9-19;1-8-7-5-3-2-4-6-7/h10-11H,2-9H2,1H3,(H,16,18);2-6H,1H3. The zero-order valence-electron chi connectivity index (χ0n) is 17.3. The van der Waals surface area contributed by atoms with Crippen LogP contribution >= 0.6 is 0 Å². The van der Waals surface area contributed by atoms with Gasteiger partial charge in [-0.3, -0.25) is 4.79 Å². The van der Waals surface area contributed by atoms with Gasteiger partial charge in [0, 0.05) is 19.0 Å². The lowest BCUT2D eigenvalue weighted by Crippen LogP contribution is -2.45. The number of benzene rings is 1. The van der Waals surface area contributed by atoms with Crippen LogP contribution in [0.3, 0.4) is 0 Å². The zero-order chi connectivity index (χ0) is 20.3. The average Bonchev–Trinajstić information content (AvgIpc) is 3.70. The number of rotatable bonds is 5. The van der Waals surface area contributed by atoms with Crippen LogP contribution < -0.4 is 10.1 Å². The molecule has 1 aromatic heterocycles. The summed E-state index contributed by atoms with van der Waals surface area (Å²) in [5.74, 6) is 2.19. The van der Waals surface area contributed by atoms with E-state index in [0.717, 1.165) is 44.5 Å². The summed E-state index contributed by atoms with van der Waals surface area (Å²) >= 11 is 0. The Labute approximate surface area is 171 Å². The molecule has 1 unspecified atom stereocenters. The third-order valence-corrected chi connectivity index (χ3v) is 6.15. The highest BCUT2D eigenvalue weighted by molar-refractivity contribution is 5.83. The highest BCUT2D eigenvalue weighted by Crippen LogP contribution is 2.53. The normalized spacial score (nSPS) is 20.4. The number of carbonyl (C=O) groups is 1. The number of likely N-dealkylation sites (tertiary alicyclic amines) is 1. The van der Waals surface area contributed by atoms with Gasteiger partial charge >= 0.3 is 6.01 Å². The molecule has 2 heterocycles. The van der Waals surface area contributed by atoms with Crippen molar-refractivity contribution in [3.05, 3.63) is 36.2 Å². The number of nitrogens with zero attached hydrogens (tertiary/aromatic N) is 3. The van der Waals surface area contributed by atoms with Crippen molar-refractivity contribution in [2.75, 3.05) is 25.5 Å². The predicted molar refractivity (Wildman–Crippen MR) is 110 cm³/mol. The molecule has 3 fully saturated rings. The first kappa shape index (κ1) is 19.7. The summed E-state index contributed by atoms with van der Waals surface area (Å²) in [6.45, 7) is 3.65. The topological polar surface area (TPSA) is 80.5 Å². The highest BCUT2D eigenvalue weighted by Gasteiger charge is 2.45. The van der Waals surface area contributed by atoms with Crippen LogP contribution in [0, 0.1) is 5.41 Å². The molecule has 1 aliphatic heterocycles.